The van der Waals surface area contributed by atoms with Crippen LogP contribution in [0.25, 0.3) is 0 Å². The van der Waals surface area contributed by atoms with Crippen LogP contribution in [0.5, 0.6) is 5.75 Å². The van der Waals surface area contributed by atoms with Crippen LogP contribution in [-0.4, -0.2) is 33.9 Å². The van der Waals surface area contributed by atoms with Gasteiger partial charge in [-0.2, -0.15) is 5.26 Å². The van der Waals surface area contributed by atoms with Gasteiger partial charge in [-0.05, 0) is 35.4 Å². The minimum Gasteiger partial charge on any atom is -0.497 e. The van der Waals surface area contributed by atoms with E-state index in [1.54, 1.807) is 7.11 Å². The summed E-state index contributed by atoms with van der Waals surface area (Å²) in [6.07, 6.45) is 0.379. The number of dihydropyridines is 1. The Labute approximate surface area is 190 Å². The first-order chi connectivity index (χ1) is 15.4. The van der Waals surface area contributed by atoms with Crippen LogP contribution < -0.4 is 10.1 Å². The molecule has 2 aromatic carbocycles. The fraction of sp³-hybridized carbons (Fsp3) is 0.250. The van der Waals surface area contributed by atoms with Crippen LogP contribution in [0.3, 0.4) is 0 Å². The molecule has 6 nitrogen and oxygen atoms in total. The Morgan fingerprint density at radius 1 is 1.16 bits per heavy atom. The molecule has 1 atom stereocenters. The molecular weight excluding hydrogens is 435 g/mol. The molecule has 2 aromatic rings. The summed E-state index contributed by atoms with van der Waals surface area (Å²) in [6.45, 7) is 0.0740. The maximum Gasteiger partial charge on any atom is 0.336 e. The number of ether oxygens (including phenoxy) is 3. The molecular formula is C24H22ClFN2O4. The number of rotatable bonds is 7. The molecule has 0 saturated heterocycles. The lowest BCUT2D eigenvalue weighted by atomic mass is 9.79. The van der Waals surface area contributed by atoms with Gasteiger partial charge in [-0.3, -0.25) is 0 Å². The molecule has 1 N–H and O–H groups in total. The maximum absolute atomic E-state index is 13.7. The standard InChI is InChI=1S/C24H22ClFN2O4/c1-30-13-21-23(24(29)32-3)22(17-9-6-15(26)11-19(17)25)18(12-27)20(28-21)10-14-4-7-16(31-2)8-5-14/h4-9,11,22,28H,10,13H2,1-3H3. The first kappa shape index (κ1) is 23.3. The van der Waals surface area contributed by atoms with Gasteiger partial charge in [0.15, 0.2) is 0 Å². The van der Waals surface area contributed by atoms with Gasteiger partial charge in [0.25, 0.3) is 0 Å². The first-order valence-corrected chi connectivity index (χ1v) is 10.1. The molecule has 0 aliphatic carbocycles. The summed E-state index contributed by atoms with van der Waals surface area (Å²) in [5.74, 6) is -1.29. The average Bonchev–Trinajstić information content (AvgIpc) is 2.79. The van der Waals surface area contributed by atoms with E-state index in [1.807, 2.05) is 24.3 Å². The van der Waals surface area contributed by atoms with Crippen molar-refractivity contribution in [1.82, 2.24) is 5.32 Å². The lowest BCUT2D eigenvalue weighted by Crippen LogP contribution is -2.33. The highest BCUT2D eigenvalue weighted by Crippen LogP contribution is 2.42. The van der Waals surface area contributed by atoms with E-state index in [-0.39, 0.29) is 22.8 Å². The zero-order valence-electron chi connectivity index (χ0n) is 17.9. The second kappa shape index (κ2) is 10.3. The van der Waals surface area contributed by atoms with Gasteiger partial charge in [-0.1, -0.05) is 29.8 Å². The number of hydrogen-bond acceptors (Lipinski definition) is 6. The predicted octanol–water partition coefficient (Wildman–Crippen LogP) is 4.27. The van der Waals surface area contributed by atoms with E-state index >= 15 is 0 Å². The summed E-state index contributed by atoms with van der Waals surface area (Å²) >= 11 is 6.35. The molecule has 0 spiro atoms. The van der Waals surface area contributed by atoms with E-state index in [9.17, 15) is 14.4 Å². The number of hydrogen-bond donors (Lipinski definition) is 1. The average molecular weight is 457 g/mol. The number of nitrogens with one attached hydrogen (secondary N) is 1. The van der Waals surface area contributed by atoms with E-state index in [2.05, 4.69) is 11.4 Å². The molecule has 1 aliphatic rings. The predicted molar refractivity (Wildman–Crippen MR) is 118 cm³/mol. The van der Waals surface area contributed by atoms with E-state index in [1.165, 1.54) is 26.4 Å². The Morgan fingerprint density at radius 3 is 2.44 bits per heavy atom. The lowest BCUT2D eigenvalue weighted by molar-refractivity contribution is -0.136. The number of carbonyl (C=O) groups is 1. The van der Waals surface area contributed by atoms with Gasteiger partial charge in [0.2, 0.25) is 0 Å². The Bertz CT molecular complexity index is 1120. The summed E-state index contributed by atoms with van der Waals surface area (Å²) in [5, 5.41) is 13.4. The normalized spacial score (nSPS) is 15.8. The molecule has 1 unspecified atom stereocenters. The Hall–Kier alpha value is -3.34. The third-order valence-electron chi connectivity index (χ3n) is 5.16. The van der Waals surface area contributed by atoms with Gasteiger partial charge in [0.05, 0.1) is 49.7 Å². The number of nitrogens with zero attached hydrogens (tertiary/aromatic N) is 1. The molecule has 0 fully saturated rings. The molecule has 0 aromatic heterocycles. The summed E-state index contributed by atoms with van der Waals surface area (Å²) in [4.78, 5) is 12.8. The highest BCUT2D eigenvalue weighted by molar-refractivity contribution is 6.31. The molecule has 0 bridgehead atoms. The van der Waals surface area contributed by atoms with Gasteiger partial charge in [-0.25, -0.2) is 9.18 Å². The number of halogens is 2. The molecule has 1 aliphatic heterocycles. The van der Waals surface area contributed by atoms with Crippen molar-refractivity contribution in [3.8, 4) is 11.8 Å². The Morgan fingerprint density at radius 2 is 1.88 bits per heavy atom. The summed E-state index contributed by atoms with van der Waals surface area (Å²) < 4.78 is 29.2. The zero-order chi connectivity index (χ0) is 23.3. The van der Waals surface area contributed by atoms with Crippen molar-refractivity contribution in [1.29, 1.82) is 5.26 Å². The largest absolute Gasteiger partial charge is 0.497 e. The van der Waals surface area contributed by atoms with Crippen molar-refractivity contribution < 1.29 is 23.4 Å². The fourth-order valence-corrected chi connectivity index (χ4v) is 3.96. The van der Waals surface area contributed by atoms with Gasteiger partial charge in [0.1, 0.15) is 11.6 Å². The topological polar surface area (TPSA) is 80.6 Å². The molecule has 0 radical (unpaired) electrons. The van der Waals surface area contributed by atoms with Crippen molar-refractivity contribution in [3.63, 3.8) is 0 Å². The smallest absolute Gasteiger partial charge is 0.336 e. The molecule has 3 rings (SSSR count). The van der Waals surface area contributed by atoms with Crippen LogP contribution in [0.4, 0.5) is 4.39 Å². The highest BCUT2D eigenvalue weighted by Gasteiger charge is 2.37. The number of benzene rings is 2. The third kappa shape index (κ3) is 4.77. The Balaban J connectivity index is 2.18. The maximum atomic E-state index is 13.7. The van der Waals surface area contributed by atoms with E-state index in [4.69, 9.17) is 25.8 Å². The zero-order valence-corrected chi connectivity index (χ0v) is 18.6. The molecule has 32 heavy (non-hydrogen) atoms. The van der Waals surface area contributed by atoms with E-state index in [0.29, 0.717) is 29.1 Å². The van der Waals surface area contributed by atoms with Crippen molar-refractivity contribution in [2.24, 2.45) is 0 Å². The van der Waals surface area contributed by atoms with Crippen LogP contribution in [0.15, 0.2) is 65.0 Å². The number of allylic oxidation sites excluding steroid dienone is 2. The number of carbonyl (C=O) groups excluding carboxylic acids is 1. The van der Waals surface area contributed by atoms with Crippen molar-refractivity contribution in [2.45, 2.75) is 12.3 Å². The Kier molecular flexibility index (Phi) is 7.52. The molecule has 1 heterocycles. The highest BCUT2D eigenvalue weighted by atomic mass is 35.5. The van der Waals surface area contributed by atoms with Gasteiger partial charge in [0, 0.05) is 24.3 Å². The summed E-state index contributed by atoms with van der Waals surface area (Å²) in [6, 6.07) is 13.5. The number of esters is 1. The van der Waals surface area contributed by atoms with Crippen LogP contribution >= 0.6 is 11.6 Å². The van der Waals surface area contributed by atoms with Crippen molar-refractivity contribution in [3.05, 3.63) is 87.0 Å². The second-order valence-corrected chi connectivity index (χ2v) is 7.48. The minimum absolute atomic E-state index is 0.0740. The van der Waals surface area contributed by atoms with Gasteiger partial charge < -0.3 is 19.5 Å². The molecule has 0 saturated carbocycles. The third-order valence-corrected chi connectivity index (χ3v) is 5.48. The minimum atomic E-state index is -0.847. The first-order valence-electron chi connectivity index (χ1n) is 9.71. The van der Waals surface area contributed by atoms with Crippen LogP contribution in [-0.2, 0) is 20.7 Å². The van der Waals surface area contributed by atoms with Crippen LogP contribution in [0, 0.1) is 17.1 Å². The lowest BCUT2D eigenvalue weighted by Gasteiger charge is -2.31. The van der Waals surface area contributed by atoms with Crippen molar-refractivity contribution >= 4 is 17.6 Å². The summed E-state index contributed by atoms with van der Waals surface area (Å²) in [7, 11) is 4.34. The van der Waals surface area contributed by atoms with Crippen LogP contribution in [0.1, 0.15) is 17.0 Å². The van der Waals surface area contributed by atoms with E-state index < -0.39 is 17.7 Å². The SMILES string of the molecule is COCC1=C(C(=O)OC)C(c2ccc(F)cc2Cl)C(C#N)=C(Cc2ccc(OC)cc2)N1. The number of methoxy groups -OCH3 is 3. The molecule has 8 heteroatoms. The van der Waals surface area contributed by atoms with Gasteiger partial charge >= 0.3 is 5.97 Å². The fourth-order valence-electron chi connectivity index (χ4n) is 3.68. The second-order valence-electron chi connectivity index (χ2n) is 7.07. The number of nitriles is 1. The van der Waals surface area contributed by atoms with E-state index in [0.717, 1.165) is 11.6 Å². The van der Waals surface area contributed by atoms with Gasteiger partial charge in [-0.15, -0.1) is 0 Å². The van der Waals surface area contributed by atoms with Crippen molar-refractivity contribution in [2.75, 3.05) is 27.9 Å². The quantitative estimate of drug-likeness (QED) is 0.627. The van der Waals surface area contributed by atoms with Crippen LogP contribution in [0.2, 0.25) is 5.02 Å². The monoisotopic (exact) mass is 456 g/mol. The summed E-state index contributed by atoms with van der Waals surface area (Å²) in [5.41, 5.74) is 2.86. The molecule has 0 amide bonds. The molecule has 166 valence electrons.